The maximum absolute atomic E-state index is 12.3. The highest BCUT2D eigenvalue weighted by molar-refractivity contribution is 5.88. The van der Waals surface area contributed by atoms with Gasteiger partial charge in [-0.3, -0.25) is 14.4 Å². The summed E-state index contributed by atoms with van der Waals surface area (Å²) < 4.78 is 0. The van der Waals surface area contributed by atoms with Crippen molar-refractivity contribution in [3.8, 4) is 12.3 Å². The third-order valence-electron chi connectivity index (χ3n) is 3.06. The number of hydrogen-bond donors (Lipinski definition) is 3. The van der Waals surface area contributed by atoms with Crippen molar-refractivity contribution in [3.63, 3.8) is 0 Å². The summed E-state index contributed by atoms with van der Waals surface area (Å²) in [7, 11) is 0. The van der Waals surface area contributed by atoms with Crippen molar-refractivity contribution in [3.05, 3.63) is 35.9 Å². The molecule has 8 nitrogen and oxygen atoms in total. The lowest BCUT2D eigenvalue weighted by molar-refractivity contribution is -0.203. The second kappa shape index (κ2) is 9.29. The van der Waals surface area contributed by atoms with Gasteiger partial charge < -0.3 is 15.9 Å². The Bertz CT molecular complexity index is 625. The van der Waals surface area contributed by atoms with Crippen LogP contribution in [0, 0.1) is 12.3 Å². The number of benzene rings is 1. The van der Waals surface area contributed by atoms with Crippen LogP contribution in [-0.4, -0.2) is 51.8 Å². The summed E-state index contributed by atoms with van der Waals surface area (Å²) in [6.45, 7) is -0.357. The highest BCUT2D eigenvalue weighted by Gasteiger charge is 2.34. The number of carbonyl (C=O) groups excluding carboxylic acids is 1. The van der Waals surface area contributed by atoms with Crippen LogP contribution in [-0.2, 0) is 25.6 Å². The number of hydrogen-bond acceptors (Lipinski definition) is 5. The molecule has 0 spiro atoms. The van der Waals surface area contributed by atoms with Gasteiger partial charge in [0.2, 0.25) is 0 Å². The van der Waals surface area contributed by atoms with Crippen LogP contribution in [0.3, 0.4) is 0 Å². The molecule has 0 aliphatic carbocycles. The molecule has 24 heavy (non-hydrogen) atoms. The minimum absolute atomic E-state index is 0.0493. The minimum Gasteiger partial charge on any atom is -0.481 e. The SMILES string of the molecule is C#CCON(C(=O)[C@@H](N)CC(=O)O)[C@@H](Cc1ccccc1)C(=O)O. The first-order valence-electron chi connectivity index (χ1n) is 7.00. The molecule has 2 atom stereocenters. The second-order valence-corrected chi connectivity index (χ2v) is 4.89. The van der Waals surface area contributed by atoms with Gasteiger partial charge in [0, 0.05) is 6.42 Å². The van der Waals surface area contributed by atoms with Gasteiger partial charge in [-0.25, -0.2) is 9.86 Å². The normalized spacial score (nSPS) is 12.7. The lowest BCUT2D eigenvalue weighted by Crippen LogP contribution is -2.52. The Morgan fingerprint density at radius 3 is 2.38 bits per heavy atom. The summed E-state index contributed by atoms with van der Waals surface area (Å²) in [5, 5.41) is 18.7. The zero-order valence-corrected chi connectivity index (χ0v) is 12.8. The maximum atomic E-state index is 12.3. The molecule has 1 amide bonds. The second-order valence-electron chi connectivity index (χ2n) is 4.89. The molecule has 1 aromatic carbocycles. The lowest BCUT2D eigenvalue weighted by atomic mass is 10.0. The predicted molar refractivity (Wildman–Crippen MR) is 83.4 cm³/mol. The van der Waals surface area contributed by atoms with Gasteiger partial charge in [-0.1, -0.05) is 36.3 Å². The molecule has 0 heterocycles. The Labute approximate surface area is 138 Å². The van der Waals surface area contributed by atoms with E-state index in [9.17, 15) is 19.5 Å². The molecule has 4 N–H and O–H groups in total. The summed E-state index contributed by atoms with van der Waals surface area (Å²) in [6, 6.07) is 5.75. The van der Waals surface area contributed by atoms with Gasteiger partial charge in [0.15, 0.2) is 6.04 Å². The molecule has 0 radical (unpaired) electrons. The molecule has 0 fully saturated rings. The quantitative estimate of drug-likeness (QED) is 0.424. The van der Waals surface area contributed by atoms with Crippen LogP contribution in [0.2, 0.25) is 0 Å². The highest BCUT2D eigenvalue weighted by atomic mass is 16.7. The van der Waals surface area contributed by atoms with Crippen molar-refractivity contribution in [1.29, 1.82) is 0 Å². The van der Waals surface area contributed by atoms with Gasteiger partial charge in [0.25, 0.3) is 5.91 Å². The molecule has 0 aliphatic heterocycles. The first kappa shape index (κ1) is 19.2. The van der Waals surface area contributed by atoms with Crippen LogP contribution in [0.1, 0.15) is 12.0 Å². The van der Waals surface area contributed by atoms with Crippen molar-refractivity contribution in [2.75, 3.05) is 6.61 Å². The van der Waals surface area contributed by atoms with Gasteiger partial charge in [-0.05, 0) is 5.56 Å². The number of rotatable bonds is 9. The molecule has 0 aliphatic rings. The van der Waals surface area contributed by atoms with E-state index in [4.69, 9.17) is 22.1 Å². The third-order valence-corrected chi connectivity index (χ3v) is 3.06. The van der Waals surface area contributed by atoms with Crippen molar-refractivity contribution >= 4 is 17.8 Å². The summed E-state index contributed by atoms with van der Waals surface area (Å²) in [5.74, 6) is -1.45. The molecular formula is C16H18N2O6. The van der Waals surface area contributed by atoms with Crippen molar-refractivity contribution in [2.45, 2.75) is 24.9 Å². The number of nitrogens with two attached hydrogens (primary N) is 1. The molecular weight excluding hydrogens is 316 g/mol. The van der Waals surface area contributed by atoms with Crippen molar-refractivity contribution < 1.29 is 29.4 Å². The molecule has 1 rings (SSSR count). The zero-order valence-electron chi connectivity index (χ0n) is 12.8. The smallest absolute Gasteiger partial charge is 0.329 e. The van der Waals surface area contributed by atoms with E-state index >= 15 is 0 Å². The fourth-order valence-electron chi connectivity index (χ4n) is 1.96. The van der Waals surface area contributed by atoms with Gasteiger partial charge in [-0.15, -0.1) is 6.42 Å². The molecule has 0 saturated carbocycles. The highest BCUT2D eigenvalue weighted by Crippen LogP contribution is 2.12. The topological polar surface area (TPSA) is 130 Å². The van der Waals surface area contributed by atoms with E-state index in [2.05, 4.69) is 5.92 Å². The molecule has 1 aromatic rings. The van der Waals surface area contributed by atoms with Gasteiger partial charge >= 0.3 is 11.9 Å². The van der Waals surface area contributed by atoms with Gasteiger partial charge in [0.05, 0.1) is 12.5 Å². The summed E-state index contributed by atoms with van der Waals surface area (Å²) in [5.41, 5.74) is 6.18. The van der Waals surface area contributed by atoms with E-state index in [0.717, 1.165) is 0 Å². The van der Waals surface area contributed by atoms with E-state index in [-0.39, 0.29) is 13.0 Å². The van der Waals surface area contributed by atoms with Crippen LogP contribution in [0.5, 0.6) is 0 Å². The Morgan fingerprint density at radius 2 is 1.88 bits per heavy atom. The van der Waals surface area contributed by atoms with Gasteiger partial charge in [-0.2, -0.15) is 0 Å². The molecule has 128 valence electrons. The molecule has 0 saturated heterocycles. The zero-order chi connectivity index (χ0) is 18.1. The van der Waals surface area contributed by atoms with E-state index < -0.39 is 36.4 Å². The number of aliphatic carboxylic acids is 2. The number of carboxylic acid groups (broad SMARTS) is 2. The molecule has 0 unspecified atom stereocenters. The molecule has 0 aromatic heterocycles. The average Bonchev–Trinajstić information content (AvgIpc) is 2.53. The van der Waals surface area contributed by atoms with Crippen LogP contribution in [0.4, 0.5) is 0 Å². The number of carbonyl (C=O) groups is 3. The predicted octanol–water partition coefficient (Wildman–Crippen LogP) is -0.122. The number of nitrogens with zero attached hydrogens (tertiary/aromatic N) is 1. The number of carboxylic acids is 2. The first-order valence-corrected chi connectivity index (χ1v) is 7.00. The minimum atomic E-state index is -1.45. The Hall–Kier alpha value is -2.89. The summed E-state index contributed by atoms with van der Waals surface area (Å²) in [6.07, 6.45) is 4.37. The van der Waals surface area contributed by atoms with Crippen LogP contribution in [0.15, 0.2) is 30.3 Å². The number of amides is 1. The van der Waals surface area contributed by atoms with Crippen LogP contribution in [0.25, 0.3) is 0 Å². The fraction of sp³-hybridized carbons (Fsp3) is 0.312. The maximum Gasteiger partial charge on any atom is 0.329 e. The lowest BCUT2D eigenvalue weighted by Gasteiger charge is -2.29. The fourth-order valence-corrected chi connectivity index (χ4v) is 1.96. The number of hydroxylamine groups is 2. The van der Waals surface area contributed by atoms with Crippen LogP contribution >= 0.6 is 0 Å². The number of terminal acetylenes is 1. The van der Waals surface area contributed by atoms with Crippen molar-refractivity contribution in [1.82, 2.24) is 5.06 Å². The van der Waals surface area contributed by atoms with E-state index in [1.807, 2.05) is 0 Å². The largest absolute Gasteiger partial charge is 0.481 e. The Morgan fingerprint density at radius 1 is 1.25 bits per heavy atom. The molecule has 8 heteroatoms. The standard InChI is InChI=1S/C16H18N2O6/c1-2-8-24-18(15(21)12(17)10-14(19)20)13(16(22)23)9-11-6-4-3-5-7-11/h1,3-7,12-13H,8-10,17H2,(H,19,20)(H,22,23)/t12-,13-/m0/s1. The first-order chi connectivity index (χ1) is 11.4. The summed E-state index contributed by atoms with van der Waals surface area (Å²) >= 11 is 0. The van der Waals surface area contributed by atoms with Crippen molar-refractivity contribution in [2.24, 2.45) is 5.73 Å². The van der Waals surface area contributed by atoms with E-state index in [1.54, 1.807) is 30.3 Å². The monoisotopic (exact) mass is 334 g/mol. The third kappa shape index (κ3) is 5.72. The Balaban J connectivity index is 3.04. The van der Waals surface area contributed by atoms with E-state index in [0.29, 0.717) is 10.6 Å². The van der Waals surface area contributed by atoms with Crippen LogP contribution < -0.4 is 5.73 Å². The Kier molecular flexibility index (Phi) is 7.42. The van der Waals surface area contributed by atoms with Gasteiger partial charge in [0.1, 0.15) is 6.61 Å². The summed E-state index contributed by atoms with van der Waals surface area (Å²) in [4.78, 5) is 39.6. The average molecular weight is 334 g/mol. The van der Waals surface area contributed by atoms with E-state index in [1.165, 1.54) is 0 Å². The molecule has 0 bridgehead atoms.